The van der Waals surface area contributed by atoms with Crippen LogP contribution >= 0.6 is 23.1 Å². The first-order valence-electron chi connectivity index (χ1n) is 7.94. The summed E-state index contributed by atoms with van der Waals surface area (Å²) in [6.45, 7) is 4.17. The van der Waals surface area contributed by atoms with Crippen molar-refractivity contribution in [2.75, 3.05) is 5.32 Å². The summed E-state index contributed by atoms with van der Waals surface area (Å²) in [5.74, 6) is 0.0985. The minimum absolute atomic E-state index is 0.0126. The minimum Gasteiger partial charge on any atom is -0.348 e. The van der Waals surface area contributed by atoms with Crippen molar-refractivity contribution in [3.8, 4) is 0 Å². The molecule has 1 aliphatic rings. The van der Waals surface area contributed by atoms with E-state index in [1.807, 2.05) is 41.8 Å². The summed E-state index contributed by atoms with van der Waals surface area (Å²) in [5.41, 5.74) is 0.822. The molecule has 2 atom stereocenters. The number of anilines is 1. The topological polar surface area (TPSA) is 58.2 Å². The van der Waals surface area contributed by atoms with Gasteiger partial charge in [0.25, 0.3) is 0 Å². The number of nitrogens with one attached hydrogen (secondary N) is 2. The molecule has 0 spiro atoms. The fourth-order valence-corrected chi connectivity index (χ4v) is 4.72. The van der Waals surface area contributed by atoms with Gasteiger partial charge in [0.1, 0.15) is 0 Å². The van der Waals surface area contributed by atoms with Crippen molar-refractivity contribution < 1.29 is 9.59 Å². The molecule has 0 saturated carbocycles. The van der Waals surface area contributed by atoms with Crippen LogP contribution in [0, 0.1) is 5.92 Å². The fraction of sp³-hybridized carbons (Fsp3) is 0.333. The molecule has 1 aromatic heterocycles. The number of hydrogen-bond acceptors (Lipinski definition) is 4. The quantitative estimate of drug-likeness (QED) is 0.845. The van der Waals surface area contributed by atoms with Crippen LogP contribution in [0.5, 0.6) is 0 Å². The normalized spacial score (nSPS) is 18.0. The zero-order valence-corrected chi connectivity index (χ0v) is 15.2. The SMILES string of the molecule is CC(C)C(NC(=O)CC1Sc2ccccc2NC1=O)c1cccs1. The predicted molar refractivity (Wildman–Crippen MR) is 99.4 cm³/mol. The lowest BCUT2D eigenvalue weighted by atomic mass is 10.0. The summed E-state index contributed by atoms with van der Waals surface area (Å²) in [6, 6.07) is 11.7. The summed E-state index contributed by atoms with van der Waals surface area (Å²) in [4.78, 5) is 26.9. The van der Waals surface area contributed by atoms with Crippen LogP contribution < -0.4 is 10.6 Å². The van der Waals surface area contributed by atoms with Gasteiger partial charge in [-0.2, -0.15) is 0 Å². The number of rotatable bonds is 5. The first-order chi connectivity index (χ1) is 11.5. The Morgan fingerprint density at radius 2 is 2.04 bits per heavy atom. The Bertz CT molecular complexity index is 728. The van der Waals surface area contributed by atoms with Crippen LogP contribution in [0.1, 0.15) is 31.2 Å². The summed E-state index contributed by atoms with van der Waals surface area (Å²) in [5, 5.41) is 7.59. The molecule has 3 rings (SSSR count). The molecule has 2 amide bonds. The number of thioether (sulfide) groups is 1. The van der Waals surface area contributed by atoms with Gasteiger partial charge < -0.3 is 10.6 Å². The molecule has 0 bridgehead atoms. The van der Waals surface area contributed by atoms with E-state index in [4.69, 9.17) is 0 Å². The second-order valence-corrected chi connectivity index (χ2v) is 8.32. The van der Waals surface area contributed by atoms with Crippen molar-refractivity contribution in [2.45, 2.75) is 36.5 Å². The molecular weight excluding hydrogens is 340 g/mol. The molecule has 1 aliphatic heterocycles. The number of amides is 2. The third-order valence-electron chi connectivity index (χ3n) is 3.91. The number of fused-ring (bicyclic) bond motifs is 1. The van der Waals surface area contributed by atoms with Crippen molar-refractivity contribution in [3.05, 3.63) is 46.7 Å². The highest BCUT2D eigenvalue weighted by Crippen LogP contribution is 2.36. The summed E-state index contributed by atoms with van der Waals surface area (Å²) < 4.78 is 0. The van der Waals surface area contributed by atoms with Gasteiger partial charge in [-0.3, -0.25) is 9.59 Å². The first kappa shape index (κ1) is 17.0. The zero-order chi connectivity index (χ0) is 17.1. The van der Waals surface area contributed by atoms with Gasteiger partial charge in [0.15, 0.2) is 0 Å². The maximum Gasteiger partial charge on any atom is 0.238 e. The summed E-state index contributed by atoms with van der Waals surface area (Å²) >= 11 is 3.10. The largest absolute Gasteiger partial charge is 0.348 e. The highest BCUT2D eigenvalue weighted by Gasteiger charge is 2.30. The van der Waals surface area contributed by atoms with Gasteiger partial charge in [0.2, 0.25) is 11.8 Å². The average molecular weight is 361 g/mol. The Labute approximate surface area is 150 Å². The Kier molecular flexibility index (Phi) is 5.26. The van der Waals surface area contributed by atoms with Crippen LogP contribution in [0.4, 0.5) is 5.69 Å². The second kappa shape index (κ2) is 7.40. The number of hydrogen-bond donors (Lipinski definition) is 2. The molecule has 0 aliphatic carbocycles. The maximum atomic E-state index is 12.5. The number of carbonyl (C=O) groups is 2. The van der Waals surface area contributed by atoms with E-state index in [1.165, 1.54) is 11.8 Å². The third-order valence-corrected chi connectivity index (χ3v) is 6.14. The van der Waals surface area contributed by atoms with Gasteiger partial charge in [0.05, 0.1) is 17.0 Å². The minimum atomic E-state index is -0.393. The van der Waals surface area contributed by atoms with Crippen LogP contribution in [0.25, 0.3) is 0 Å². The fourth-order valence-electron chi connectivity index (χ4n) is 2.66. The van der Waals surface area contributed by atoms with Crippen molar-refractivity contribution >= 4 is 40.6 Å². The Morgan fingerprint density at radius 3 is 2.75 bits per heavy atom. The van der Waals surface area contributed by atoms with Gasteiger partial charge in [0, 0.05) is 16.2 Å². The molecule has 2 N–H and O–H groups in total. The maximum absolute atomic E-state index is 12.5. The van der Waals surface area contributed by atoms with Crippen molar-refractivity contribution in [1.82, 2.24) is 5.32 Å². The van der Waals surface area contributed by atoms with E-state index < -0.39 is 5.25 Å². The third kappa shape index (κ3) is 3.82. The van der Waals surface area contributed by atoms with Crippen molar-refractivity contribution in [2.24, 2.45) is 5.92 Å². The van der Waals surface area contributed by atoms with Crippen LogP contribution in [0.3, 0.4) is 0 Å². The highest BCUT2D eigenvalue weighted by molar-refractivity contribution is 8.01. The van der Waals surface area contributed by atoms with E-state index in [2.05, 4.69) is 24.5 Å². The first-order valence-corrected chi connectivity index (χ1v) is 9.70. The molecule has 0 saturated heterocycles. The van der Waals surface area contributed by atoms with Crippen LogP contribution in [0.2, 0.25) is 0 Å². The number of thiophene rings is 1. The standard InChI is InChI=1S/C18H20N2O2S2/c1-11(2)17(14-8-5-9-23-14)20-16(21)10-15-18(22)19-12-6-3-4-7-13(12)24-15/h3-9,11,15,17H,10H2,1-2H3,(H,19,22)(H,20,21). The molecule has 2 heterocycles. The Morgan fingerprint density at radius 1 is 1.25 bits per heavy atom. The van der Waals surface area contributed by atoms with E-state index >= 15 is 0 Å². The van der Waals surface area contributed by atoms with E-state index in [0.717, 1.165) is 15.5 Å². The lowest BCUT2D eigenvalue weighted by molar-refractivity contribution is -0.124. The van der Waals surface area contributed by atoms with E-state index in [1.54, 1.807) is 11.3 Å². The molecule has 4 nitrogen and oxygen atoms in total. The van der Waals surface area contributed by atoms with Gasteiger partial charge in [-0.15, -0.1) is 23.1 Å². The molecule has 24 heavy (non-hydrogen) atoms. The van der Waals surface area contributed by atoms with Gasteiger partial charge in [-0.1, -0.05) is 32.0 Å². The Hall–Kier alpha value is -1.79. The molecule has 126 valence electrons. The lowest BCUT2D eigenvalue weighted by Gasteiger charge is -2.25. The molecular formula is C18H20N2O2S2. The summed E-state index contributed by atoms with van der Waals surface area (Å²) in [7, 11) is 0. The molecule has 0 fully saturated rings. The average Bonchev–Trinajstić information content (AvgIpc) is 3.07. The lowest BCUT2D eigenvalue weighted by Crippen LogP contribution is -2.37. The number of benzene rings is 1. The smallest absolute Gasteiger partial charge is 0.238 e. The summed E-state index contributed by atoms with van der Waals surface area (Å²) in [6.07, 6.45) is 0.180. The second-order valence-electron chi connectivity index (χ2n) is 6.10. The Balaban J connectivity index is 1.65. The van der Waals surface area contributed by atoms with Crippen molar-refractivity contribution in [1.29, 1.82) is 0 Å². The van der Waals surface area contributed by atoms with E-state index in [-0.39, 0.29) is 24.3 Å². The van der Waals surface area contributed by atoms with Crippen molar-refractivity contribution in [3.63, 3.8) is 0 Å². The molecule has 2 aromatic rings. The van der Waals surface area contributed by atoms with Crippen LogP contribution in [-0.2, 0) is 9.59 Å². The molecule has 2 unspecified atom stereocenters. The molecule has 0 radical (unpaired) electrons. The zero-order valence-electron chi connectivity index (χ0n) is 13.6. The van der Waals surface area contributed by atoms with Crippen LogP contribution in [0.15, 0.2) is 46.7 Å². The highest BCUT2D eigenvalue weighted by atomic mass is 32.2. The number of carbonyl (C=O) groups excluding carboxylic acids is 2. The van der Waals surface area contributed by atoms with Gasteiger partial charge in [-0.05, 0) is 29.5 Å². The van der Waals surface area contributed by atoms with E-state index in [9.17, 15) is 9.59 Å². The van der Waals surface area contributed by atoms with E-state index in [0.29, 0.717) is 5.92 Å². The molecule has 6 heteroatoms. The van der Waals surface area contributed by atoms with Gasteiger partial charge in [-0.25, -0.2) is 0 Å². The monoisotopic (exact) mass is 360 g/mol. The van der Waals surface area contributed by atoms with Crippen LogP contribution in [-0.4, -0.2) is 17.1 Å². The van der Waals surface area contributed by atoms with Gasteiger partial charge >= 0.3 is 0 Å². The number of para-hydroxylation sites is 1. The molecule has 1 aromatic carbocycles. The predicted octanol–water partition coefficient (Wildman–Crippen LogP) is 4.06.